The summed E-state index contributed by atoms with van der Waals surface area (Å²) in [5.41, 5.74) is 3.88. The van der Waals surface area contributed by atoms with Crippen molar-refractivity contribution in [3.8, 4) is 10.6 Å². The number of benzene rings is 2. The molecule has 0 spiro atoms. The fraction of sp³-hybridized carbons (Fsp3) is 0.375. The van der Waals surface area contributed by atoms with E-state index in [-0.39, 0.29) is 18.5 Å². The number of fused-ring (bicyclic) bond motifs is 1. The predicted molar refractivity (Wildman–Crippen MR) is 121 cm³/mol. The van der Waals surface area contributed by atoms with E-state index in [0.29, 0.717) is 18.0 Å². The summed E-state index contributed by atoms with van der Waals surface area (Å²) >= 11 is 1.65. The maximum absolute atomic E-state index is 12.1. The Kier molecular flexibility index (Phi) is 6.43. The summed E-state index contributed by atoms with van der Waals surface area (Å²) in [6.45, 7) is 1.83. The third kappa shape index (κ3) is 5.25. The minimum Gasteiger partial charge on any atom is -0.456 e. The van der Waals surface area contributed by atoms with Crippen molar-refractivity contribution in [2.45, 2.75) is 45.4 Å². The minimum absolute atomic E-state index is 0.248. The van der Waals surface area contributed by atoms with Gasteiger partial charge in [0.15, 0.2) is 6.61 Å². The van der Waals surface area contributed by atoms with Gasteiger partial charge in [-0.05, 0) is 61.2 Å². The van der Waals surface area contributed by atoms with E-state index in [9.17, 15) is 9.59 Å². The van der Waals surface area contributed by atoms with E-state index >= 15 is 0 Å². The second-order valence-electron chi connectivity index (χ2n) is 7.97. The number of hydrogen-bond acceptors (Lipinski definition) is 5. The molecular formula is C24H26N2O3S. The standard InChI is InChI=1S/C24H26N2O3S/c1-16-6-12-20-21(14-16)30-24(26-20)18-8-10-19(11-9-18)25-22(27)15-29-23(28)13-7-17-4-2-3-5-17/h6,8-12,14,17H,2-5,7,13,15H2,1H3,(H,25,27). The summed E-state index contributed by atoms with van der Waals surface area (Å²) in [7, 11) is 0. The molecule has 3 aromatic rings. The molecule has 1 aliphatic carbocycles. The summed E-state index contributed by atoms with van der Waals surface area (Å²) < 4.78 is 6.28. The smallest absolute Gasteiger partial charge is 0.306 e. The average Bonchev–Trinajstić information content (AvgIpc) is 3.40. The molecule has 0 bridgehead atoms. The average molecular weight is 423 g/mol. The van der Waals surface area contributed by atoms with Crippen LogP contribution in [0.25, 0.3) is 20.8 Å². The van der Waals surface area contributed by atoms with Crippen LogP contribution in [0.4, 0.5) is 5.69 Å². The van der Waals surface area contributed by atoms with Gasteiger partial charge in [0.1, 0.15) is 5.01 Å². The molecule has 0 aliphatic heterocycles. The van der Waals surface area contributed by atoms with Gasteiger partial charge in [0.2, 0.25) is 0 Å². The first-order valence-electron chi connectivity index (χ1n) is 10.5. The molecule has 0 atom stereocenters. The highest BCUT2D eigenvalue weighted by atomic mass is 32.1. The van der Waals surface area contributed by atoms with Crippen molar-refractivity contribution >= 4 is 39.1 Å². The van der Waals surface area contributed by atoms with Crippen LogP contribution in [0.15, 0.2) is 42.5 Å². The number of rotatable bonds is 7. The van der Waals surface area contributed by atoms with Crippen molar-refractivity contribution in [3.05, 3.63) is 48.0 Å². The van der Waals surface area contributed by atoms with Crippen LogP contribution < -0.4 is 5.32 Å². The number of carbonyl (C=O) groups is 2. The molecule has 5 nitrogen and oxygen atoms in total. The SMILES string of the molecule is Cc1ccc2nc(-c3ccc(NC(=O)COC(=O)CCC4CCCC4)cc3)sc2c1. The maximum atomic E-state index is 12.1. The fourth-order valence-corrected chi connectivity index (χ4v) is 4.96. The molecule has 6 heteroatoms. The lowest BCUT2D eigenvalue weighted by molar-refractivity contribution is -0.147. The molecule has 1 aliphatic rings. The lowest BCUT2D eigenvalue weighted by atomic mass is 10.0. The van der Waals surface area contributed by atoms with Gasteiger partial charge < -0.3 is 10.1 Å². The van der Waals surface area contributed by atoms with Gasteiger partial charge in [0, 0.05) is 17.7 Å². The molecule has 30 heavy (non-hydrogen) atoms. The second kappa shape index (κ2) is 9.39. The number of nitrogens with one attached hydrogen (secondary N) is 1. The van der Waals surface area contributed by atoms with Crippen LogP contribution in [0.1, 0.15) is 44.1 Å². The Hall–Kier alpha value is -2.73. The topological polar surface area (TPSA) is 68.3 Å². The summed E-state index contributed by atoms with van der Waals surface area (Å²) in [5, 5.41) is 3.72. The van der Waals surface area contributed by atoms with Gasteiger partial charge in [-0.25, -0.2) is 4.98 Å². The van der Waals surface area contributed by atoms with Crippen LogP contribution in [0.2, 0.25) is 0 Å². The molecule has 1 heterocycles. The molecule has 0 saturated heterocycles. The van der Waals surface area contributed by atoms with E-state index in [1.54, 1.807) is 11.3 Å². The molecular weight excluding hydrogens is 396 g/mol. The molecule has 1 amide bonds. The van der Waals surface area contributed by atoms with E-state index in [1.165, 1.54) is 31.2 Å². The molecule has 2 aromatic carbocycles. The lowest BCUT2D eigenvalue weighted by Crippen LogP contribution is -2.21. The number of ether oxygens (including phenoxy) is 1. The first-order chi connectivity index (χ1) is 14.6. The number of amides is 1. The quantitative estimate of drug-likeness (QED) is 0.494. The van der Waals surface area contributed by atoms with Crippen LogP contribution in [0, 0.1) is 12.8 Å². The van der Waals surface area contributed by atoms with Crippen molar-refractivity contribution < 1.29 is 14.3 Å². The highest BCUT2D eigenvalue weighted by Crippen LogP contribution is 2.31. The van der Waals surface area contributed by atoms with Gasteiger partial charge in [0.25, 0.3) is 5.91 Å². The van der Waals surface area contributed by atoms with Crippen LogP contribution in [0.5, 0.6) is 0 Å². The number of aromatic nitrogens is 1. The molecule has 1 saturated carbocycles. The Morgan fingerprint density at radius 3 is 2.67 bits per heavy atom. The zero-order valence-corrected chi connectivity index (χ0v) is 18.0. The van der Waals surface area contributed by atoms with Crippen LogP contribution in [-0.4, -0.2) is 23.5 Å². The third-order valence-corrected chi connectivity index (χ3v) is 6.62. The summed E-state index contributed by atoms with van der Waals surface area (Å²) in [6, 6.07) is 13.8. The monoisotopic (exact) mass is 422 g/mol. The number of esters is 1. The van der Waals surface area contributed by atoms with Gasteiger partial charge in [-0.15, -0.1) is 11.3 Å². The van der Waals surface area contributed by atoms with Gasteiger partial charge in [0.05, 0.1) is 10.2 Å². The summed E-state index contributed by atoms with van der Waals surface area (Å²) in [4.78, 5) is 28.6. The van der Waals surface area contributed by atoms with E-state index in [0.717, 1.165) is 27.2 Å². The Morgan fingerprint density at radius 2 is 1.90 bits per heavy atom. The molecule has 4 rings (SSSR count). The Balaban J connectivity index is 1.27. The first-order valence-corrected chi connectivity index (χ1v) is 11.3. The van der Waals surface area contributed by atoms with Crippen LogP contribution in [-0.2, 0) is 14.3 Å². The predicted octanol–water partition coefficient (Wildman–Crippen LogP) is 5.72. The van der Waals surface area contributed by atoms with Gasteiger partial charge in [-0.2, -0.15) is 0 Å². The highest BCUT2D eigenvalue weighted by Gasteiger charge is 2.17. The molecule has 1 aromatic heterocycles. The fourth-order valence-electron chi connectivity index (χ4n) is 3.89. The molecule has 156 valence electrons. The minimum atomic E-state index is -0.326. The van der Waals surface area contributed by atoms with Crippen molar-refractivity contribution in [2.75, 3.05) is 11.9 Å². The molecule has 0 radical (unpaired) electrons. The van der Waals surface area contributed by atoms with Crippen molar-refractivity contribution in [3.63, 3.8) is 0 Å². The van der Waals surface area contributed by atoms with E-state index in [1.807, 2.05) is 30.3 Å². The zero-order chi connectivity index (χ0) is 20.9. The summed E-state index contributed by atoms with van der Waals surface area (Å²) in [6.07, 6.45) is 6.21. The molecule has 0 unspecified atom stereocenters. The van der Waals surface area contributed by atoms with Crippen LogP contribution in [0.3, 0.4) is 0 Å². The molecule has 1 fully saturated rings. The van der Waals surface area contributed by atoms with E-state index < -0.39 is 0 Å². The number of nitrogens with zero attached hydrogens (tertiary/aromatic N) is 1. The number of anilines is 1. The third-order valence-electron chi connectivity index (χ3n) is 5.56. The zero-order valence-electron chi connectivity index (χ0n) is 17.1. The van der Waals surface area contributed by atoms with Crippen molar-refractivity contribution in [2.24, 2.45) is 5.92 Å². The van der Waals surface area contributed by atoms with Gasteiger partial charge >= 0.3 is 5.97 Å². The lowest BCUT2D eigenvalue weighted by Gasteiger charge is -2.09. The Labute approximate surface area is 180 Å². The van der Waals surface area contributed by atoms with Crippen molar-refractivity contribution in [1.29, 1.82) is 0 Å². The molecule has 1 N–H and O–H groups in total. The maximum Gasteiger partial charge on any atom is 0.306 e. The number of thiazole rings is 1. The van der Waals surface area contributed by atoms with E-state index in [2.05, 4.69) is 29.4 Å². The van der Waals surface area contributed by atoms with Crippen LogP contribution >= 0.6 is 11.3 Å². The summed E-state index contributed by atoms with van der Waals surface area (Å²) in [5.74, 6) is 0.0234. The highest BCUT2D eigenvalue weighted by molar-refractivity contribution is 7.21. The number of aryl methyl sites for hydroxylation is 1. The largest absolute Gasteiger partial charge is 0.456 e. The second-order valence-corrected chi connectivity index (χ2v) is 9.00. The van der Waals surface area contributed by atoms with E-state index in [4.69, 9.17) is 4.74 Å². The van der Waals surface area contributed by atoms with Crippen molar-refractivity contribution in [1.82, 2.24) is 4.98 Å². The number of carbonyl (C=O) groups excluding carboxylic acids is 2. The van der Waals surface area contributed by atoms with Gasteiger partial charge in [-0.1, -0.05) is 31.7 Å². The Morgan fingerprint density at radius 1 is 1.13 bits per heavy atom. The normalized spacial score (nSPS) is 14.2. The Bertz CT molecular complexity index is 1040. The number of hydrogen-bond donors (Lipinski definition) is 1. The van der Waals surface area contributed by atoms with Gasteiger partial charge in [-0.3, -0.25) is 9.59 Å². The first kappa shape index (κ1) is 20.5.